The van der Waals surface area contributed by atoms with Gasteiger partial charge in [-0.1, -0.05) is 0 Å². The van der Waals surface area contributed by atoms with E-state index < -0.39 is 11.9 Å². The van der Waals surface area contributed by atoms with Gasteiger partial charge in [-0.15, -0.1) is 0 Å². The Bertz CT molecular complexity index is 531. The van der Waals surface area contributed by atoms with Gasteiger partial charge in [0, 0.05) is 22.9 Å². The molecule has 0 spiro atoms. The van der Waals surface area contributed by atoms with E-state index in [1.807, 2.05) is 0 Å². The van der Waals surface area contributed by atoms with Crippen LogP contribution in [0.5, 0.6) is 11.9 Å². The Morgan fingerprint density at radius 3 is 2.60 bits per heavy atom. The smallest absolute Gasteiger partial charge is 0.317 e. The molecule has 0 saturated heterocycles. The summed E-state index contributed by atoms with van der Waals surface area (Å²) in [5, 5.41) is 22.4. The zero-order valence-electron chi connectivity index (χ0n) is 7.72. The van der Waals surface area contributed by atoms with Crippen LogP contribution in [0.4, 0.5) is 5.69 Å². The maximum absolute atomic E-state index is 11.1. The van der Waals surface area contributed by atoms with E-state index in [0.717, 1.165) is 0 Å². The van der Waals surface area contributed by atoms with Gasteiger partial charge in [0.15, 0.2) is 7.11 Å². The van der Waals surface area contributed by atoms with Crippen LogP contribution in [-0.4, -0.2) is 12.0 Å². The SMILES string of the molecule is CO[N+](=O)c1ccc2c([O-])oc([O-])c2c1. The van der Waals surface area contributed by atoms with Crippen molar-refractivity contribution >= 4 is 16.5 Å². The molecule has 0 fully saturated rings. The van der Waals surface area contributed by atoms with Gasteiger partial charge in [-0.3, -0.25) is 0 Å². The molecule has 0 saturated carbocycles. The number of benzene rings is 1. The highest BCUT2D eigenvalue weighted by molar-refractivity contribution is 5.91. The molecule has 6 heteroatoms. The normalized spacial score (nSPS) is 10.5. The molecule has 6 nitrogen and oxygen atoms in total. The quantitative estimate of drug-likeness (QED) is 0.672. The van der Waals surface area contributed by atoms with Gasteiger partial charge in [-0.25, -0.2) is 4.84 Å². The molecule has 0 atom stereocenters. The summed E-state index contributed by atoms with van der Waals surface area (Å²) in [4.78, 5) is 15.7. The molecule has 0 aliphatic heterocycles. The number of hydrogen-bond acceptors (Lipinski definition) is 5. The number of rotatable bonds is 2. The molecule has 0 aliphatic carbocycles. The zero-order chi connectivity index (χ0) is 11.0. The first-order chi connectivity index (χ1) is 7.13. The Morgan fingerprint density at radius 2 is 1.93 bits per heavy atom. The van der Waals surface area contributed by atoms with Crippen molar-refractivity contribution in [2.75, 3.05) is 7.11 Å². The zero-order valence-corrected chi connectivity index (χ0v) is 7.72. The van der Waals surface area contributed by atoms with Crippen molar-refractivity contribution in [1.82, 2.24) is 0 Å². The molecule has 0 radical (unpaired) electrons. The van der Waals surface area contributed by atoms with E-state index in [0.29, 0.717) is 0 Å². The maximum Gasteiger partial charge on any atom is 0.317 e. The summed E-state index contributed by atoms with van der Waals surface area (Å²) in [7, 11) is 1.20. The molecule has 0 aliphatic rings. The molecule has 78 valence electrons. The van der Waals surface area contributed by atoms with Crippen molar-refractivity contribution < 1.29 is 24.4 Å². The minimum Gasteiger partial charge on any atom is -0.571 e. The molecule has 0 N–H and O–H groups in total. The second-order valence-corrected chi connectivity index (χ2v) is 2.85. The number of nitrogens with zero attached hydrogens (tertiary/aromatic N) is 1. The fourth-order valence-electron chi connectivity index (χ4n) is 1.29. The molecule has 15 heavy (non-hydrogen) atoms. The molecule has 1 aromatic heterocycles. The Hall–Kier alpha value is -2.24. The van der Waals surface area contributed by atoms with E-state index in [-0.39, 0.29) is 21.4 Å². The van der Waals surface area contributed by atoms with Gasteiger partial charge in [0.05, 0.1) is 16.8 Å². The fourth-order valence-corrected chi connectivity index (χ4v) is 1.29. The molecule has 0 amide bonds. The first-order valence-corrected chi connectivity index (χ1v) is 4.05. The standard InChI is InChI=1S/C9H7NO5/c1-14-10(13)5-2-3-6-7(4-5)9(12)15-8(6)11/h2-4H,1H3,(H-,11,12,13)/p-1. The van der Waals surface area contributed by atoms with Crippen molar-refractivity contribution in [1.29, 1.82) is 0 Å². The van der Waals surface area contributed by atoms with Crippen LogP contribution in [0.25, 0.3) is 10.8 Å². The summed E-state index contributed by atoms with van der Waals surface area (Å²) in [5.74, 6) is -1.45. The largest absolute Gasteiger partial charge is 0.571 e. The molecule has 2 aromatic rings. The highest BCUT2D eigenvalue weighted by Crippen LogP contribution is 2.34. The fraction of sp³-hybridized carbons (Fsp3) is 0.111. The lowest BCUT2D eigenvalue weighted by atomic mass is 10.2. The van der Waals surface area contributed by atoms with E-state index >= 15 is 0 Å². The number of fused-ring (bicyclic) bond motifs is 1. The topological polar surface area (TPSA) is 88.6 Å². The predicted molar refractivity (Wildman–Crippen MR) is 45.4 cm³/mol. The monoisotopic (exact) mass is 208 g/mol. The lowest BCUT2D eigenvalue weighted by Crippen LogP contribution is -1.97. The minimum atomic E-state index is -0.749. The molecular formula is C9H6NO5-. The Labute approximate surface area is 83.8 Å². The molecular weight excluding hydrogens is 202 g/mol. The van der Waals surface area contributed by atoms with E-state index in [9.17, 15) is 15.1 Å². The number of furan rings is 1. The van der Waals surface area contributed by atoms with Crippen molar-refractivity contribution in [2.24, 2.45) is 0 Å². The summed E-state index contributed by atoms with van der Waals surface area (Å²) in [6.45, 7) is 0. The third-order valence-corrected chi connectivity index (χ3v) is 2.01. The lowest BCUT2D eigenvalue weighted by molar-refractivity contribution is -0.736. The molecule has 1 heterocycles. The van der Waals surface area contributed by atoms with Crippen molar-refractivity contribution in [3.8, 4) is 11.9 Å². The summed E-state index contributed by atoms with van der Waals surface area (Å²) < 4.78 is 4.36. The Morgan fingerprint density at radius 1 is 1.27 bits per heavy atom. The average Bonchev–Trinajstić information content (AvgIpc) is 2.53. The Kier molecular flexibility index (Phi) is 1.96. The summed E-state index contributed by atoms with van der Waals surface area (Å²) in [6, 6.07) is 3.97. The van der Waals surface area contributed by atoms with Crippen LogP contribution < -0.4 is 10.2 Å². The third kappa shape index (κ3) is 1.35. The van der Waals surface area contributed by atoms with E-state index in [4.69, 9.17) is 0 Å². The van der Waals surface area contributed by atoms with Crippen LogP contribution in [0.3, 0.4) is 0 Å². The van der Waals surface area contributed by atoms with Gasteiger partial charge in [-0.05, 0) is 6.07 Å². The molecule has 0 bridgehead atoms. The highest BCUT2D eigenvalue weighted by atomic mass is 16.8. The third-order valence-electron chi connectivity index (χ3n) is 2.01. The lowest BCUT2D eigenvalue weighted by Gasteiger charge is -1.93. The van der Waals surface area contributed by atoms with Gasteiger partial charge in [0.1, 0.15) is 0 Å². The van der Waals surface area contributed by atoms with Crippen LogP contribution >= 0.6 is 0 Å². The van der Waals surface area contributed by atoms with Crippen LogP contribution in [0.15, 0.2) is 22.6 Å². The van der Waals surface area contributed by atoms with E-state index in [1.54, 1.807) is 0 Å². The number of hydrogen-bond donors (Lipinski definition) is 0. The molecule has 2 rings (SSSR count). The van der Waals surface area contributed by atoms with Crippen molar-refractivity contribution in [3.05, 3.63) is 23.1 Å². The van der Waals surface area contributed by atoms with Gasteiger partial charge in [-0.2, -0.15) is 0 Å². The van der Waals surface area contributed by atoms with Crippen molar-refractivity contribution in [2.45, 2.75) is 0 Å². The first-order valence-electron chi connectivity index (χ1n) is 4.05. The van der Waals surface area contributed by atoms with Crippen LogP contribution in [0, 0.1) is 4.91 Å². The van der Waals surface area contributed by atoms with Gasteiger partial charge < -0.3 is 14.6 Å². The van der Waals surface area contributed by atoms with Gasteiger partial charge in [0.25, 0.3) is 4.92 Å². The average molecular weight is 208 g/mol. The van der Waals surface area contributed by atoms with E-state index in [2.05, 4.69) is 9.25 Å². The van der Waals surface area contributed by atoms with Crippen LogP contribution in [0.2, 0.25) is 0 Å². The Balaban J connectivity index is 2.65. The van der Waals surface area contributed by atoms with Crippen LogP contribution in [0.1, 0.15) is 0 Å². The summed E-state index contributed by atoms with van der Waals surface area (Å²) >= 11 is 0. The molecule has 1 aromatic carbocycles. The summed E-state index contributed by atoms with van der Waals surface area (Å²) in [5.41, 5.74) is 0.128. The maximum atomic E-state index is 11.1. The first kappa shape index (κ1) is 9.32. The molecule has 0 unspecified atom stereocenters. The second-order valence-electron chi connectivity index (χ2n) is 2.85. The van der Waals surface area contributed by atoms with Gasteiger partial charge >= 0.3 is 5.69 Å². The predicted octanol–water partition coefficient (Wildman–Crippen LogP) is 0.552. The van der Waals surface area contributed by atoms with Crippen LogP contribution in [-0.2, 0) is 4.84 Å². The van der Waals surface area contributed by atoms with E-state index in [1.165, 1.54) is 25.3 Å². The summed E-state index contributed by atoms with van der Waals surface area (Å²) in [6.07, 6.45) is 0. The van der Waals surface area contributed by atoms with Gasteiger partial charge in [0.2, 0.25) is 0 Å². The highest BCUT2D eigenvalue weighted by Gasteiger charge is 2.15. The van der Waals surface area contributed by atoms with Crippen molar-refractivity contribution in [3.63, 3.8) is 0 Å². The minimum absolute atomic E-state index is 0.0791. The second kappa shape index (κ2) is 3.16.